The molecule has 0 aliphatic heterocycles. The van der Waals surface area contributed by atoms with Crippen LogP contribution in [-0.4, -0.2) is 29.0 Å². The minimum absolute atomic E-state index is 0.0362. The molecule has 0 aromatic carbocycles. The van der Waals surface area contributed by atoms with Crippen LogP contribution in [0.25, 0.3) is 0 Å². The van der Waals surface area contributed by atoms with Crippen LogP contribution in [-0.2, 0) is 23.1 Å². The molecule has 0 saturated carbocycles. The summed E-state index contributed by atoms with van der Waals surface area (Å²) >= 11 is 1.38. The molecule has 2 aromatic rings. The van der Waals surface area contributed by atoms with E-state index in [-0.39, 0.29) is 17.1 Å². The average Bonchev–Trinajstić information content (AvgIpc) is 3.06. The number of rotatable bonds is 7. The van der Waals surface area contributed by atoms with Gasteiger partial charge in [0.1, 0.15) is 10.6 Å². The molecular weight excluding hydrogens is 314 g/mol. The zero-order valence-electron chi connectivity index (χ0n) is 11.3. The monoisotopic (exact) mass is 329 g/mol. The molecule has 0 saturated heterocycles. The molecule has 2 heterocycles. The Morgan fingerprint density at radius 3 is 2.86 bits per heavy atom. The predicted octanol–water partition coefficient (Wildman–Crippen LogP) is 1.53. The number of thiazole rings is 1. The number of nitrogens with zero attached hydrogens (tertiary/aromatic N) is 2. The van der Waals surface area contributed by atoms with Crippen molar-refractivity contribution in [2.45, 2.75) is 31.3 Å². The maximum atomic E-state index is 12.2. The lowest BCUT2D eigenvalue weighted by Crippen LogP contribution is -2.23. The van der Waals surface area contributed by atoms with E-state index < -0.39 is 16.0 Å². The van der Waals surface area contributed by atoms with Gasteiger partial charge in [-0.3, -0.25) is 0 Å². The number of sulfonamides is 1. The summed E-state index contributed by atoms with van der Waals surface area (Å²) < 4.78 is 28.2. The molecule has 0 aliphatic carbocycles. The van der Waals surface area contributed by atoms with Gasteiger partial charge in [-0.2, -0.15) is 0 Å². The number of carbonyl (C=O) groups is 1. The van der Waals surface area contributed by atoms with Crippen molar-refractivity contribution in [1.82, 2.24) is 14.3 Å². The molecular formula is C12H15N3O4S2. The third-order valence-electron chi connectivity index (χ3n) is 2.79. The highest BCUT2D eigenvalue weighted by Gasteiger charge is 2.21. The molecule has 0 atom stereocenters. The van der Waals surface area contributed by atoms with E-state index in [2.05, 4.69) is 9.71 Å². The molecule has 0 aliphatic rings. The van der Waals surface area contributed by atoms with Crippen molar-refractivity contribution in [3.05, 3.63) is 34.5 Å². The first kappa shape index (κ1) is 15.7. The van der Waals surface area contributed by atoms with Gasteiger partial charge in [0.25, 0.3) is 0 Å². The van der Waals surface area contributed by atoms with Crippen LogP contribution in [0, 0.1) is 0 Å². The molecule has 9 heteroatoms. The Morgan fingerprint density at radius 2 is 2.29 bits per heavy atom. The normalized spacial score (nSPS) is 11.7. The first-order valence-corrected chi connectivity index (χ1v) is 8.67. The van der Waals surface area contributed by atoms with Crippen LogP contribution in [0.4, 0.5) is 0 Å². The summed E-state index contributed by atoms with van der Waals surface area (Å²) in [5.74, 6) is -1.15. The molecule has 2 N–H and O–H groups in total. The van der Waals surface area contributed by atoms with Gasteiger partial charge in [0.15, 0.2) is 0 Å². The first-order valence-electron chi connectivity index (χ1n) is 6.24. The van der Waals surface area contributed by atoms with Gasteiger partial charge in [0, 0.05) is 18.1 Å². The lowest BCUT2D eigenvalue weighted by atomic mass is 10.4. The Hall–Kier alpha value is -1.71. The van der Waals surface area contributed by atoms with Crippen LogP contribution in [0.1, 0.15) is 29.5 Å². The van der Waals surface area contributed by atoms with E-state index in [0.29, 0.717) is 18.7 Å². The van der Waals surface area contributed by atoms with Crippen LogP contribution >= 0.6 is 11.3 Å². The standard InChI is InChI=1S/C12H15N3O4S2/c1-2-3-15-6-10(4-11(15)12(16)17)21(18,19)14-5-9-7-20-8-13-9/h4,6-8,14H,2-3,5H2,1H3,(H,16,17). The molecule has 21 heavy (non-hydrogen) atoms. The highest BCUT2D eigenvalue weighted by atomic mass is 32.2. The van der Waals surface area contributed by atoms with Gasteiger partial charge in [-0.1, -0.05) is 6.92 Å². The molecule has 0 fully saturated rings. The first-order chi connectivity index (χ1) is 9.94. The van der Waals surface area contributed by atoms with E-state index in [1.165, 1.54) is 28.2 Å². The fraction of sp³-hybridized carbons (Fsp3) is 0.333. The summed E-state index contributed by atoms with van der Waals surface area (Å²) in [6, 6.07) is 1.17. The summed E-state index contributed by atoms with van der Waals surface area (Å²) in [6.07, 6.45) is 2.05. The number of aromatic nitrogens is 2. The summed E-state index contributed by atoms with van der Waals surface area (Å²) in [4.78, 5) is 15.1. The fourth-order valence-electron chi connectivity index (χ4n) is 1.81. The minimum atomic E-state index is -3.76. The smallest absolute Gasteiger partial charge is 0.352 e. The van der Waals surface area contributed by atoms with E-state index in [9.17, 15) is 13.2 Å². The number of aromatic carboxylic acids is 1. The molecule has 0 bridgehead atoms. The average molecular weight is 329 g/mol. The van der Waals surface area contributed by atoms with Crippen LogP contribution in [0.2, 0.25) is 0 Å². The molecule has 114 valence electrons. The molecule has 0 radical (unpaired) electrons. The van der Waals surface area contributed by atoms with E-state index >= 15 is 0 Å². The third kappa shape index (κ3) is 3.69. The number of carboxylic acid groups (broad SMARTS) is 1. The molecule has 0 unspecified atom stereocenters. The van der Waals surface area contributed by atoms with E-state index in [1.807, 2.05) is 6.92 Å². The van der Waals surface area contributed by atoms with E-state index in [4.69, 9.17) is 5.11 Å². The Bertz CT molecular complexity index is 720. The highest BCUT2D eigenvalue weighted by molar-refractivity contribution is 7.89. The minimum Gasteiger partial charge on any atom is -0.477 e. The maximum absolute atomic E-state index is 12.2. The van der Waals surface area contributed by atoms with Gasteiger partial charge in [-0.25, -0.2) is 22.9 Å². The number of aryl methyl sites for hydroxylation is 1. The fourth-order valence-corrected chi connectivity index (χ4v) is 3.41. The Morgan fingerprint density at radius 1 is 1.52 bits per heavy atom. The van der Waals surface area contributed by atoms with Gasteiger partial charge in [-0.05, 0) is 12.5 Å². The topological polar surface area (TPSA) is 101 Å². The quantitative estimate of drug-likeness (QED) is 0.802. The van der Waals surface area contributed by atoms with Crippen molar-refractivity contribution >= 4 is 27.3 Å². The second-order valence-electron chi connectivity index (χ2n) is 4.36. The van der Waals surface area contributed by atoms with Gasteiger partial charge in [0.2, 0.25) is 10.0 Å². The summed E-state index contributed by atoms with van der Waals surface area (Å²) in [5, 5.41) is 10.9. The van der Waals surface area contributed by atoms with Crippen LogP contribution in [0.3, 0.4) is 0 Å². The van der Waals surface area contributed by atoms with Gasteiger partial charge < -0.3 is 9.67 Å². The summed E-state index contributed by atoms with van der Waals surface area (Å²) in [5.41, 5.74) is 2.20. The Balaban J connectivity index is 2.23. The highest BCUT2D eigenvalue weighted by Crippen LogP contribution is 2.16. The predicted molar refractivity (Wildman–Crippen MR) is 77.8 cm³/mol. The molecule has 0 spiro atoms. The number of hydrogen-bond acceptors (Lipinski definition) is 5. The van der Waals surface area contributed by atoms with Gasteiger partial charge in [0.05, 0.1) is 17.7 Å². The summed E-state index contributed by atoms with van der Waals surface area (Å²) in [7, 11) is -3.76. The molecule has 0 amide bonds. The van der Waals surface area contributed by atoms with Crippen molar-refractivity contribution < 1.29 is 18.3 Å². The lowest BCUT2D eigenvalue weighted by molar-refractivity contribution is 0.0685. The number of nitrogens with one attached hydrogen (secondary N) is 1. The van der Waals surface area contributed by atoms with E-state index in [0.717, 1.165) is 0 Å². The van der Waals surface area contributed by atoms with Gasteiger partial charge >= 0.3 is 5.97 Å². The SMILES string of the molecule is CCCn1cc(S(=O)(=O)NCc2cscn2)cc1C(=O)O. The second-order valence-corrected chi connectivity index (χ2v) is 6.85. The number of carboxylic acids is 1. The van der Waals surface area contributed by atoms with Crippen molar-refractivity contribution in [2.24, 2.45) is 0 Å². The van der Waals surface area contributed by atoms with Crippen molar-refractivity contribution in [3.8, 4) is 0 Å². The Labute approximate surface area is 126 Å². The third-order valence-corrected chi connectivity index (χ3v) is 4.80. The molecule has 7 nitrogen and oxygen atoms in total. The van der Waals surface area contributed by atoms with Crippen LogP contribution in [0.5, 0.6) is 0 Å². The van der Waals surface area contributed by atoms with E-state index in [1.54, 1.807) is 10.9 Å². The molecule has 2 rings (SSSR count). The largest absolute Gasteiger partial charge is 0.477 e. The van der Waals surface area contributed by atoms with Crippen molar-refractivity contribution in [1.29, 1.82) is 0 Å². The maximum Gasteiger partial charge on any atom is 0.352 e. The van der Waals surface area contributed by atoms with Gasteiger partial charge in [-0.15, -0.1) is 11.3 Å². The van der Waals surface area contributed by atoms with Crippen LogP contribution in [0.15, 0.2) is 28.0 Å². The molecule has 2 aromatic heterocycles. The lowest BCUT2D eigenvalue weighted by Gasteiger charge is -2.03. The van der Waals surface area contributed by atoms with Crippen molar-refractivity contribution in [2.75, 3.05) is 0 Å². The second kappa shape index (κ2) is 6.37. The Kier molecular flexibility index (Phi) is 4.76. The summed E-state index contributed by atoms with van der Waals surface area (Å²) in [6.45, 7) is 2.41. The van der Waals surface area contributed by atoms with Crippen LogP contribution < -0.4 is 4.72 Å². The zero-order chi connectivity index (χ0) is 15.5. The van der Waals surface area contributed by atoms with Crippen molar-refractivity contribution in [3.63, 3.8) is 0 Å². The number of hydrogen-bond donors (Lipinski definition) is 2. The zero-order valence-corrected chi connectivity index (χ0v) is 12.9.